The van der Waals surface area contributed by atoms with Crippen molar-refractivity contribution >= 4 is 79.0 Å². The number of aliphatic carboxylic acids is 1. The van der Waals surface area contributed by atoms with Crippen LogP contribution < -0.4 is 45.7 Å². The summed E-state index contributed by atoms with van der Waals surface area (Å²) >= 11 is 3.24. The third kappa shape index (κ3) is 6.21. The van der Waals surface area contributed by atoms with E-state index in [1.54, 1.807) is 0 Å². The minimum Gasteiger partial charge on any atom is -0.543 e. The van der Waals surface area contributed by atoms with Crippen LogP contribution in [0, 0.1) is 10.1 Å². The maximum Gasteiger partial charge on any atom is 1.00 e. The number of amides is 2. The Morgan fingerprint density at radius 1 is 1.37 bits per heavy atom. The molecule has 0 bridgehead atoms. The number of nitrogens with two attached hydrogens (primary N) is 1. The Morgan fingerprint density at radius 2 is 2.15 bits per heavy atom. The first-order valence-corrected chi connectivity index (χ1v) is 14.0. The number of anilines is 1. The molecule has 2 atom stereocenters. The Hall–Kier alpha value is -3.16. The van der Waals surface area contributed by atoms with Gasteiger partial charge in [-0.05, 0) is 18.9 Å². The summed E-state index contributed by atoms with van der Waals surface area (Å²) in [7, 11) is 0. The van der Waals surface area contributed by atoms with Crippen molar-refractivity contribution in [1.29, 1.82) is 0 Å². The summed E-state index contributed by atoms with van der Waals surface area (Å²) in [5.41, 5.74) is 5.48. The van der Waals surface area contributed by atoms with E-state index >= 15 is 0 Å². The number of nitrogen functional groups attached to an aromatic ring is 1. The van der Waals surface area contributed by atoms with E-state index in [4.69, 9.17) is 10.6 Å². The predicted octanol–water partition coefficient (Wildman–Crippen LogP) is -1.82. The molecule has 19 heteroatoms. The number of oxime groups is 1. The van der Waals surface area contributed by atoms with Crippen molar-refractivity contribution in [3.63, 3.8) is 0 Å². The van der Waals surface area contributed by atoms with Gasteiger partial charge in [0, 0.05) is 22.4 Å². The molecule has 4 heterocycles. The van der Waals surface area contributed by atoms with Gasteiger partial charge in [-0.2, -0.15) is 0 Å². The molecule has 3 N–H and O–H groups in total. The van der Waals surface area contributed by atoms with Crippen molar-refractivity contribution in [2.45, 2.75) is 29.3 Å². The molecular weight excluding hydrogens is 612 g/mol. The molecule has 2 amide bonds. The molecule has 3 aromatic rings. The summed E-state index contributed by atoms with van der Waals surface area (Å²) < 4.78 is 13.5. The second-order valence-electron chi connectivity index (χ2n) is 8.35. The number of hydrogen-bond acceptors (Lipinski definition) is 14. The molecule has 1 saturated heterocycles. The molecule has 0 radical (unpaired) electrons. The molecule has 1 aromatic carbocycles. The number of halogens is 1. The molecule has 1 fully saturated rings. The van der Waals surface area contributed by atoms with Gasteiger partial charge in [-0.1, -0.05) is 16.9 Å². The van der Waals surface area contributed by atoms with E-state index in [0.29, 0.717) is 25.9 Å². The Balaban J connectivity index is 0.00000387. The maximum absolute atomic E-state index is 13.1. The zero-order valence-electron chi connectivity index (χ0n) is 21.1. The first-order valence-electron chi connectivity index (χ1n) is 11.5. The van der Waals surface area contributed by atoms with Crippen LogP contribution in [0.4, 0.5) is 15.2 Å². The van der Waals surface area contributed by atoms with Crippen LogP contribution in [0.3, 0.4) is 0 Å². The molecular formula is C22H17FN7NaO7S3. The van der Waals surface area contributed by atoms with Crippen LogP contribution in [0.15, 0.2) is 43.7 Å². The molecule has 2 aromatic heterocycles. The monoisotopic (exact) mass is 629 g/mol. The van der Waals surface area contributed by atoms with E-state index in [1.807, 2.05) is 0 Å². The zero-order valence-corrected chi connectivity index (χ0v) is 25.5. The minimum atomic E-state index is -1.57. The number of carboxylic acid groups (broad SMARTS) is 1. The average Bonchev–Trinajstić information content (AvgIpc) is 3.53. The number of β-lactam (4-membered cyclic amide) rings is 1. The number of nitrogens with one attached hydrogen (secondary N) is 1. The van der Waals surface area contributed by atoms with Crippen LogP contribution in [0.1, 0.15) is 18.5 Å². The first-order chi connectivity index (χ1) is 19.2. The molecule has 0 unspecified atom stereocenters. The topological polar surface area (TPSA) is 206 Å². The Labute approximate surface area is 264 Å². The number of nitrogens with zero attached hydrogens (tertiary/aromatic N) is 5. The molecule has 0 aliphatic carbocycles. The zero-order chi connectivity index (χ0) is 28.6. The number of rotatable bonds is 10. The van der Waals surface area contributed by atoms with E-state index in [-0.39, 0.29) is 63.9 Å². The molecule has 2 aliphatic rings. The van der Waals surface area contributed by atoms with Gasteiger partial charge in [-0.25, -0.2) is 14.4 Å². The molecule has 14 nitrogen and oxygen atoms in total. The van der Waals surface area contributed by atoms with Gasteiger partial charge < -0.3 is 30.7 Å². The molecule has 208 valence electrons. The van der Waals surface area contributed by atoms with Gasteiger partial charge in [0.05, 0.1) is 32.8 Å². The summed E-state index contributed by atoms with van der Waals surface area (Å²) in [5.74, 6) is -3.07. The number of non-ortho nitro benzene ring substituents is 1. The third-order valence-corrected chi connectivity index (χ3v) is 8.85. The van der Waals surface area contributed by atoms with Crippen molar-refractivity contribution in [3.8, 4) is 0 Å². The van der Waals surface area contributed by atoms with Crippen LogP contribution in [0.25, 0.3) is 10.2 Å². The number of carbonyl (C=O) groups excluding carboxylic acids is 3. The van der Waals surface area contributed by atoms with Crippen molar-refractivity contribution < 1.29 is 63.2 Å². The predicted molar refractivity (Wildman–Crippen MR) is 141 cm³/mol. The maximum atomic E-state index is 13.1. The number of carboxylic acids is 1. The first kappa shape index (κ1) is 30.8. The van der Waals surface area contributed by atoms with Gasteiger partial charge >= 0.3 is 29.6 Å². The van der Waals surface area contributed by atoms with Crippen molar-refractivity contribution in [2.24, 2.45) is 5.16 Å². The molecule has 2 aliphatic heterocycles. The number of fused-ring (bicyclic) bond motifs is 2. The van der Waals surface area contributed by atoms with E-state index < -0.39 is 48.1 Å². The summed E-state index contributed by atoms with van der Waals surface area (Å²) in [5, 5.41) is 31.0. The standard InChI is InChI=1S/C22H18FN7O7S3.Na/c23-5-6-37-28-15(11-8-38-21(24)25-11)18(31)27-16-12-3-4-13(17(20(33)34)29(12)19(16)32)39-22-26-10-2-1-9(30(35)36)7-14(10)40-22;/h1-2,7-8,12,16H,3-6H2,(H2,24,25)(H,27,31)(H,33,34);/q;+1/p-1/b28-15-;/t12-,16+;/m1./s1. The van der Waals surface area contributed by atoms with E-state index in [1.165, 1.54) is 23.6 Å². The number of aromatic nitrogens is 2. The van der Waals surface area contributed by atoms with Crippen molar-refractivity contribution in [2.75, 3.05) is 19.0 Å². The Bertz CT molecular complexity index is 1610. The fraction of sp³-hybridized carbons (Fsp3) is 0.273. The summed E-state index contributed by atoms with van der Waals surface area (Å²) in [6, 6.07) is 2.49. The van der Waals surface area contributed by atoms with Crippen LogP contribution in [-0.2, 0) is 19.2 Å². The van der Waals surface area contributed by atoms with Gasteiger partial charge in [0.1, 0.15) is 25.0 Å². The largest absolute Gasteiger partial charge is 1.00 e. The van der Waals surface area contributed by atoms with Crippen molar-refractivity contribution in [3.05, 3.63) is 50.0 Å². The molecule has 5 rings (SSSR count). The van der Waals surface area contributed by atoms with Crippen LogP contribution in [0.2, 0.25) is 0 Å². The van der Waals surface area contributed by atoms with Crippen LogP contribution in [0.5, 0.6) is 0 Å². The molecule has 0 saturated carbocycles. The van der Waals surface area contributed by atoms with Gasteiger partial charge in [0.2, 0.25) is 0 Å². The Morgan fingerprint density at radius 3 is 2.80 bits per heavy atom. The summed E-state index contributed by atoms with van der Waals surface area (Å²) in [4.78, 5) is 63.3. The van der Waals surface area contributed by atoms with Gasteiger partial charge in [-0.3, -0.25) is 19.7 Å². The quantitative estimate of drug-likeness (QED) is 0.0638. The van der Waals surface area contributed by atoms with Gasteiger partial charge in [0.25, 0.3) is 17.5 Å². The number of thioether (sulfide) groups is 1. The van der Waals surface area contributed by atoms with Gasteiger partial charge in [0.15, 0.2) is 15.2 Å². The van der Waals surface area contributed by atoms with E-state index in [9.17, 15) is 34.0 Å². The number of nitro benzene ring substituents is 1. The fourth-order valence-electron chi connectivity index (χ4n) is 4.23. The van der Waals surface area contributed by atoms with Crippen molar-refractivity contribution in [1.82, 2.24) is 20.2 Å². The number of thiazole rings is 2. The molecule has 0 spiro atoms. The SMILES string of the molecule is Nc1nc(/C(=N/OCCF)C(=O)N[C@@H]2C(=O)N3C(C(=O)[O-])=C(Sc4nc5ccc([N+](=O)[O-])cc5s4)CC[C@H]23)cs1.[Na+]. The second-order valence-corrected chi connectivity index (χ2v) is 11.6. The smallest absolute Gasteiger partial charge is 0.543 e. The fourth-order valence-corrected chi connectivity index (χ4v) is 7.10. The molecule has 41 heavy (non-hydrogen) atoms. The number of alkyl halides is 1. The third-order valence-electron chi connectivity index (χ3n) is 5.95. The Kier molecular flexibility index (Phi) is 9.60. The number of nitro groups is 1. The minimum absolute atomic E-state index is 0. The van der Waals surface area contributed by atoms with Crippen LogP contribution >= 0.6 is 34.4 Å². The summed E-state index contributed by atoms with van der Waals surface area (Å²) in [6.07, 6.45) is 0.564. The number of hydrogen-bond donors (Lipinski definition) is 2. The summed E-state index contributed by atoms with van der Waals surface area (Å²) in [6.45, 7) is -1.24. The number of allylic oxidation sites excluding steroid dienone is 1. The number of carbonyl (C=O) groups is 3. The number of benzene rings is 1. The second kappa shape index (κ2) is 12.8. The average molecular weight is 630 g/mol. The van der Waals surface area contributed by atoms with Crippen LogP contribution in [-0.4, -0.2) is 68.7 Å². The van der Waals surface area contributed by atoms with E-state index in [0.717, 1.165) is 39.3 Å². The van der Waals surface area contributed by atoms with Gasteiger partial charge in [-0.15, -0.1) is 22.7 Å². The van der Waals surface area contributed by atoms with E-state index in [2.05, 4.69) is 20.4 Å². The normalized spacial score (nSPS) is 18.4.